The molecule has 0 bridgehead atoms. The van der Waals surface area contributed by atoms with Crippen LogP contribution in [0.15, 0.2) is 18.2 Å². The molecule has 0 saturated heterocycles. The second-order valence-corrected chi connectivity index (χ2v) is 4.15. The zero-order valence-electron chi connectivity index (χ0n) is 10.2. The van der Waals surface area contributed by atoms with Crippen LogP contribution in [0, 0.1) is 11.3 Å². The first-order chi connectivity index (χ1) is 8.72. The lowest BCUT2D eigenvalue weighted by Gasteiger charge is -2.25. The first-order valence-corrected chi connectivity index (χ1v) is 5.96. The molecule has 1 aromatic carbocycles. The van der Waals surface area contributed by atoms with Gasteiger partial charge in [0.15, 0.2) is 6.29 Å². The number of aldehydes is 1. The third kappa shape index (κ3) is 4.02. The first-order valence-electron chi connectivity index (χ1n) is 5.58. The number of halogens is 1. The monoisotopic (exact) mass is 266 g/mol. The summed E-state index contributed by atoms with van der Waals surface area (Å²) in [5.74, 6) is 0. The van der Waals surface area contributed by atoms with Gasteiger partial charge in [-0.3, -0.25) is 4.79 Å². The molecule has 0 spiro atoms. The summed E-state index contributed by atoms with van der Waals surface area (Å²) in [6, 6.07) is 7.18. The van der Waals surface area contributed by atoms with Crippen molar-refractivity contribution in [3.05, 3.63) is 28.8 Å². The fourth-order valence-corrected chi connectivity index (χ4v) is 1.80. The maximum absolute atomic E-state index is 11.0. The van der Waals surface area contributed by atoms with Gasteiger partial charge < -0.3 is 9.64 Å². The number of rotatable bonds is 7. The number of carbonyl (C=O) groups is 1. The van der Waals surface area contributed by atoms with Crippen LogP contribution in [0.3, 0.4) is 0 Å². The number of carbonyl (C=O) groups excluding carboxylic acids is 1. The third-order valence-electron chi connectivity index (χ3n) is 2.52. The van der Waals surface area contributed by atoms with E-state index in [2.05, 4.69) is 6.07 Å². The summed E-state index contributed by atoms with van der Waals surface area (Å²) in [7, 11) is 1.61. The van der Waals surface area contributed by atoms with Crippen LogP contribution < -0.4 is 4.90 Å². The average Bonchev–Trinajstić information content (AvgIpc) is 2.39. The summed E-state index contributed by atoms with van der Waals surface area (Å²) in [5.41, 5.74) is 1.30. The van der Waals surface area contributed by atoms with Crippen molar-refractivity contribution in [3.63, 3.8) is 0 Å². The molecule has 0 aliphatic rings. The van der Waals surface area contributed by atoms with Crippen molar-refractivity contribution >= 4 is 23.6 Å². The molecule has 1 rings (SSSR count). The van der Waals surface area contributed by atoms with Crippen LogP contribution in [0.25, 0.3) is 0 Å². The molecule has 96 valence electrons. The van der Waals surface area contributed by atoms with Crippen LogP contribution >= 0.6 is 11.6 Å². The van der Waals surface area contributed by atoms with Gasteiger partial charge in [-0.2, -0.15) is 5.26 Å². The van der Waals surface area contributed by atoms with Gasteiger partial charge in [-0.25, -0.2) is 0 Å². The third-order valence-corrected chi connectivity index (χ3v) is 2.75. The van der Waals surface area contributed by atoms with Crippen molar-refractivity contribution in [2.24, 2.45) is 0 Å². The molecule has 0 N–H and O–H groups in total. The number of anilines is 1. The van der Waals surface area contributed by atoms with Crippen molar-refractivity contribution in [2.75, 3.05) is 31.7 Å². The normalized spacial score (nSPS) is 9.83. The number of methoxy groups -OCH3 is 1. The SMILES string of the molecule is COCCN(CCC#N)c1cc(Cl)ccc1C=O. The molecule has 18 heavy (non-hydrogen) atoms. The Bertz CT molecular complexity index is 443. The summed E-state index contributed by atoms with van der Waals surface area (Å²) < 4.78 is 5.03. The van der Waals surface area contributed by atoms with E-state index in [9.17, 15) is 4.79 Å². The highest BCUT2D eigenvalue weighted by molar-refractivity contribution is 6.31. The Kier molecular flexibility index (Phi) is 6.20. The molecule has 0 radical (unpaired) electrons. The minimum atomic E-state index is 0.383. The van der Waals surface area contributed by atoms with E-state index in [1.165, 1.54) is 0 Å². The van der Waals surface area contributed by atoms with Crippen molar-refractivity contribution in [1.82, 2.24) is 0 Å². The summed E-state index contributed by atoms with van der Waals surface area (Å²) in [6.45, 7) is 1.68. The predicted molar refractivity (Wildman–Crippen MR) is 71.2 cm³/mol. The molecule has 0 amide bonds. The molecular formula is C13H15ClN2O2. The van der Waals surface area contributed by atoms with Crippen molar-refractivity contribution in [2.45, 2.75) is 6.42 Å². The summed E-state index contributed by atoms with van der Waals surface area (Å²) in [5, 5.41) is 9.23. The standard InChI is InChI=1S/C13H15ClN2O2/c1-18-8-7-16(6-2-5-15)13-9-12(14)4-3-11(13)10-17/h3-4,9-10H,2,6-8H2,1H3. The molecule has 0 aliphatic carbocycles. The number of nitrogens with zero attached hydrogens (tertiary/aromatic N) is 2. The fraction of sp³-hybridized carbons (Fsp3) is 0.385. The lowest BCUT2D eigenvalue weighted by atomic mass is 10.1. The molecule has 0 atom stereocenters. The van der Waals surface area contributed by atoms with Crippen LogP contribution in [0.1, 0.15) is 16.8 Å². The zero-order chi connectivity index (χ0) is 13.4. The number of hydrogen-bond donors (Lipinski definition) is 0. The molecule has 4 nitrogen and oxygen atoms in total. The van der Waals surface area contributed by atoms with E-state index in [-0.39, 0.29) is 0 Å². The Morgan fingerprint density at radius 2 is 2.28 bits per heavy atom. The largest absolute Gasteiger partial charge is 0.383 e. The highest BCUT2D eigenvalue weighted by Gasteiger charge is 2.11. The second kappa shape index (κ2) is 7.70. The van der Waals surface area contributed by atoms with Gasteiger partial charge in [0.2, 0.25) is 0 Å². The van der Waals surface area contributed by atoms with Gasteiger partial charge in [-0.1, -0.05) is 11.6 Å². The molecular weight excluding hydrogens is 252 g/mol. The molecule has 0 unspecified atom stereocenters. The maximum atomic E-state index is 11.0. The van der Waals surface area contributed by atoms with E-state index >= 15 is 0 Å². The molecule has 0 heterocycles. The van der Waals surface area contributed by atoms with E-state index in [0.717, 1.165) is 12.0 Å². The highest BCUT2D eigenvalue weighted by atomic mass is 35.5. The quantitative estimate of drug-likeness (QED) is 0.712. The van der Waals surface area contributed by atoms with Gasteiger partial charge in [-0.15, -0.1) is 0 Å². The second-order valence-electron chi connectivity index (χ2n) is 3.71. The summed E-state index contributed by atoms with van der Waals surface area (Å²) in [6.07, 6.45) is 1.17. The topological polar surface area (TPSA) is 53.3 Å². The summed E-state index contributed by atoms with van der Waals surface area (Å²) >= 11 is 5.95. The summed E-state index contributed by atoms with van der Waals surface area (Å²) in [4.78, 5) is 13.0. The number of benzene rings is 1. The lowest BCUT2D eigenvalue weighted by Crippen LogP contribution is -2.29. The smallest absolute Gasteiger partial charge is 0.152 e. The molecule has 0 aliphatic heterocycles. The van der Waals surface area contributed by atoms with E-state index < -0.39 is 0 Å². The van der Waals surface area contributed by atoms with Gasteiger partial charge in [-0.05, 0) is 18.2 Å². The highest BCUT2D eigenvalue weighted by Crippen LogP contribution is 2.24. The Hall–Kier alpha value is -1.57. The van der Waals surface area contributed by atoms with E-state index in [1.807, 2.05) is 4.90 Å². The van der Waals surface area contributed by atoms with Gasteiger partial charge in [0.1, 0.15) is 0 Å². The minimum Gasteiger partial charge on any atom is -0.383 e. The van der Waals surface area contributed by atoms with Crippen LogP contribution in [-0.2, 0) is 4.74 Å². The van der Waals surface area contributed by atoms with E-state index in [0.29, 0.717) is 36.7 Å². The van der Waals surface area contributed by atoms with Crippen LogP contribution in [-0.4, -0.2) is 33.1 Å². The van der Waals surface area contributed by atoms with Gasteiger partial charge in [0.25, 0.3) is 0 Å². The minimum absolute atomic E-state index is 0.383. The van der Waals surface area contributed by atoms with Crippen LogP contribution in [0.4, 0.5) is 5.69 Å². The first kappa shape index (κ1) is 14.5. The number of ether oxygens (including phenoxy) is 1. The van der Waals surface area contributed by atoms with Crippen molar-refractivity contribution < 1.29 is 9.53 Å². The van der Waals surface area contributed by atoms with Gasteiger partial charge in [0.05, 0.1) is 19.1 Å². The Balaban J connectivity index is 2.98. The molecule has 0 saturated carbocycles. The Morgan fingerprint density at radius 1 is 1.50 bits per heavy atom. The number of hydrogen-bond acceptors (Lipinski definition) is 4. The van der Waals surface area contributed by atoms with Crippen molar-refractivity contribution in [3.8, 4) is 6.07 Å². The van der Waals surface area contributed by atoms with Crippen LogP contribution in [0.2, 0.25) is 5.02 Å². The van der Waals surface area contributed by atoms with Crippen molar-refractivity contribution in [1.29, 1.82) is 5.26 Å². The van der Waals surface area contributed by atoms with Gasteiger partial charge in [0, 0.05) is 36.5 Å². The molecule has 5 heteroatoms. The van der Waals surface area contributed by atoms with Gasteiger partial charge >= 0.3 is 0 Å². The number of nitriles is 1. The predicted octanol–water partition coefficient (Wildman–Crippen LogP) is 2.52. The van der Waals surface area contributed by atoms with E-state index in [4.69, 9.17) is 21.6 Å². The zero-order valence-corrected chi connectivity index (χ0v) is 11.0. The average molecular weight is 267 g/mol. The molecule has 0 aromatic heterocycles. The lowest BCUT2D eigenvalue weighted by molar-refractivity contribution is 0.112. The Morgan fingerprint density at radius 3 is 2.89 bits per heavy atom. The van der Waals surface area contributed by atoms with Crippen LogP contribution in [0.5, 0.6) is 0 Å². The molecule has 1 aromatic rings. The van der Waals surface area contributed by atoms with E-state index in [1.54, 1.807) is 25.3 Å². The fourth-order valence-electron chi connectivity index (χ4n) is 1.63. The molecule has 0 fully saturated rings. The maximum Gasteiger partial charge on any atom is 0.152 e. The Labute approximate surface area is 112 Å².